The molecule has 0 bridgehead atoms. The van der Waals surface area contributed by atoms with E-state index in [9.17, 15) is 14.3 Å². The largest absolute Gasteiger partial charge is 0.476 e. The molecular weight excluding hydrogens is 553 g/mol. The van der Waals surface area contributed by atoms with Crippen LogP contribution in [-0.4, -0.2) is 62.8 Å². The number of likely N-dealkylation sites (tertiary alicyclic amines) is 1. The lowest BCUT2D eigenvalue weighted by molar-refractivity contribution is 0.0691. The number of benzene rings is 1. The molecule has 220 valence electrons. The van der Waals surface area contributed by atoms with Gasteiger partial charge >= 0.3 is 5.97 Å². The molecule has 0 amide bonds. The van der Waals surface area contributed by atoms with Gasteiger partial charge < -0.3 is 14.4 Å². The Morgan fingerprint density at radius 1 is 1.19 bits per heavy atom. The lowest BCUT2D eigenvalue weighted by Gasteiger charge is -2.31. The Labute approximate surface area is 246 Å². The van der Waals surface area contributed by atoms with Gasteiger partial charge in [-0.25, -0.2) is 28.7 Å². The summed E-state index contributed by atoms with van der Waals surface area (Å²) in [7, 11) is 0. The second kappa shape index (κ2) is 12.0. The van der Waals surface area contributed by atoms with Gasteiger partial charge in [0.1, 0.15) is 18.2 Å². The number of imidazole rings is 2. The zero-order chi connectivity index (χ0) is 29.9. The Morgan fingerprint density at radius 2 is 2.02 bits per heavy atom. The van der Waals surface area contributed by atoms with Gasteiger partial charge in [-0.05, 0) is 51.1 Å². The topological polar surface area (TPSA) is 139 Å². The van der Waals surface area contributed by atoms with E-state index in [0.29, 0.717) is 30.3 Å². The Kier molecular flexibility index (Phi) is 7.84. The van der Waals surface area contributed by atoms with Crippen LogP contribution in [0.1, 0.15) is 64.5 Å². The Morgan fingerprint density at radius 3 is 2.77 bits per heavy atom. The number of hydrogen-bond acceptors (Lipinski definition) is 8. The van der Waals surface area contributed by atoms with E-state index in [-0.39, 0.29) is 23.8 Å². The van der Waals surface area contributed by atoms with Crippen LogP contribution < -0.4 is 4.74 Å². The standard InChI is InChI=1S/C30H30FN9O3/c1-2-38-19-33-14-23(38)15-39-27(36-40-16-26(29(41)42)35-30(39)40)17-37-10-8-21(9-11-37)25-4-3-5-28(34-25)43-18-22-7-6-20(13-32)12-24(22)31/h3-7,12,14,16,19,21H,2,8-11,15,17-18H2,1H3,(H,41,42). The number of aryl methyl sites for hydroxylation is 1. The van der Waals surface area contributed by atoms with Gasteiger partial charge in [0, 0.05) is 36.0 Å². The fraction of sp³-hybridized carbons (Fsp3) is 0.333. The first-order valence-electron chi connectivity index (χ1n) is 14.1. The van der Waals surface area contributed by atoms with Crippen LogP contribution in [0.15, 0.2) is 55.1 Å². The van der Waals surface area contributed by atoms with Crippen molar-refractivity contribution in [2.24, 2.45) is 0 Å². The van der Waals surface area contributed by atoms with Crippen LogP contribution in [0.4, 0.5) is 4.39 Å². The zero-order valence-electron chi connectivity index (χ0n) is 23.6. The molecule has 1 N–H and O–H groups in total. The molecule has 1 aliphatic heterocycles. The second-order valence-electron chi connectivity index (χ2n) is 10.5. The number of carbonyl (C=O) groups is 1. The molecule has 1 fully saturated rings. The molecule has 5 heterocycles. The first kappa shape index (κ1) is 28.0. The van der Waals surface area contributed by atoms with Gasteiger partial charge in [-0.15, -0.1) is 0 Å². The van der Waals surface area contributed by atoms with Crippen molar-refractivity contribution < 1.29 is 19.0 Å². The maximum atomic E-state index is 14.3. The van der Waals surface area contributed by atoms with E-state index in [2.05, 4.69) is 14.9 Å². The number of carboxylic acids is 1. The normalized spacial score (nSPS) is 14.3. The van der Waals surface area contributed by atoms with Crippen molar-refractivity contribution in [2.75, 3.05) is 13.1 Å². The first-order valence-corrected chi connectivity index (χ1v) is 14.1. The minimum absolute atomic E-state index is 0.0234. The van der Waals surface area contributed by atoms with E-state index in [1.807, 2.05) is 40.5 Å². The fourth-order valence-corrected chi connectivity index (χ4v) is 5.43. The molecule has 43 heavy (non-hydrogen) atoms. The number of aromatic nitrogens is 7. The lowest BCUT2D eigenvalue weighted by Crippen LogP contribution is -2.33. The summed E-state index contributed by atoms with van der Waals surface area (Å²) in [5.74, 6) is 0.388. The number of nitriles is 1. The van der Waals surface area contributed by atoms with Gasteiger partial charge in [0.15, 0.2) is 5.69 Å². The van der Waals surface area contributed by atoms with Crippen molar-refractivity contribution in [2.45, 2.75) is 51.9 Å². The summed E-state index contributed by atoms with van der Waals surface area (Å²) in [6.45, 7) is 5.56. The van der Waals surface area contributed by atoms with Crippen LogP contribution >= 0.6 is 0 Å². The van der Waals surface area contributed by atoms with Crippen molar-refractivity contribution >= 4 is 11.7 Å². The zero-order valence-corrected chi connectivity index (χ0v) is 23.6. The van der Waals surface area contributed by atoms with Crippen LogP contribution in [0, 0.1) is 17.1 Å². The predicted octanol–water partition coefficient (Wildman–Crippen LogP) is 3.86. The molecule has 13 heteroatoms. The van der Waals surface area contributed by atoms with E-state index in [0.717, 1.165) is 49.7 Å². The summed E-state index contributed by atoms with van der Waals surface area (Å²) < 4.78 is 25.6. The van der Waals surface area contributed by atoms with E-state index >= 15 is 0 Å². The van der Waals surface area contributed by atoms with Gasteiger partial charge in [-0.3, -0.25) is 9.47 Å². The molecule has 12 nitrogen and oxygen atoms in total. The van der Waals surface area contributed by atoms with Crippen molar-refractivity contribution in [3.8, 4) is 11.9 Å². The molecule has 0 aliphatic carbocycles. The molecule has 1 aliphatic rings. The van der Waals surface area contributed by atoms with E-state index < -0.39 is 11.8 Å². The summed E-state index contributed by atoms with van der Waals surface area (Å²) >= 11 is 0. The van der Waals surface area contributed by atoms with Crippen molar-refractivity contribution in [1.29, 1.82) is 5.26 Å². The van der Waals surface area contributed by atoms with E-state index in [1.54, 1.807) is 24.5 Å². The molecule has 0 saturated carbocycles. The minimum Gasteiger partial charge on any atom is -0.476 e. The Balaban J connectivity index is 1.12. The number of nitrogens with zero attached hydrogens (tertiary/aromatic N) is 9. The number of hydrogen-bond donors (Lipinski definition) is 1. The molecule has 0 radical (unpaired) electrons. The predicted molar refractivity (Wildman–Crippen MR) is 152 cm³/mol. The third kappa shape index (κ3) is 5.96. The number of fused-ring (bicyclic) bond motifs is 1. The molecule has 0 spiro atoms. The number of pyridine rings is 1. The van der Waals surface area contributed by atoms with Crippen LogP contribution in [0.5, 0.6) is 5.88 Å². The average Bonchev–Trinajstić information content (AvgIpc) is 3.73. The summed E-state index contributed by atoms with van der Waals surface area (Å²) in [5, 5.41) is 23.1. The van der Waals surface area contributed by atoms with E-state index in [4.69, 9.17) is 20.1 Å². The van der Waals surface area contributed by atoms with Gasteiger partial charge in [0.25, 0.3) is 0 Å². The van der Waals surface area contributed by atoms with Crippen LogP contribution in [0.2, 0.25) is 0 Å². The maximum absolute atomic E-state index is 14.3. The number of piperidine rings is 1. The highest BCUT2D eigenvalue weighted by atomic mass is 19.1. The Bertz CT molecular complexity index is 1810. The molecule has 5 aromatic rings. The smallest absolute Gasteiger partial charge is 0.356 e. The fourth-order valence-electron chi connectivity index (χ4n) is 5.43. The number of ether oxygens (including phenoxy) is 1. The van der Waals surface area contributed by atoms with Crippen LogP contribution in [0.3, 0.4) is 0 Å². The highest BCUT2D eigenvalue weighted by Crippen LogP contribution is 2.29. The highest BCUT2D eigenvalue weighted by molar-refractivity contribution is 5.85. The molecular formula is C30H30FN9O3. The molecule has 0 atom stereocenters. The number of rotatable bonds is 10. The second-order valence-corrected chi connectivity index (χ2v) is 10.5. The molecule has 4 aromatic heterocycles. The third-order valence-corrected chi connectivity index (χ3v) is 7.80. The molecule has 6 rings (SSSR count). The molecule has 1 saturated heterocycles. The third-order valence-electron chi connectivity index (χ3n) is 7.80. The SMILES string of the molecule is CCn1cncc1Cn1c(CN2CCC(c3cccc(OCc4ccc(C#N)cc4F)n3)CC2)nn2cc(C(=O)O)nc12. The van der Waals surface area contributed by atoms with Crippen LogP contribution in [-0.2, 0) is 26.2 Å². The quantitative estimate of drug-likeness (QED) is 0.260. The van der Waals surface area contributed by atoms with Gasteiger partial charge in [-0.1, -0.05) is 12.1 Å². The lowest BCUT2D eigenvalue weighted by atomic mass is 9.93. The number of halogens is 1. The average molecular weight is 584 g/mol. The number of aromatic carboxylic acids is 1. The van der Waals surface area contributed by atoms with Crippen molar-refractivity contribution in [1.82, 2.24) is 38.6 Å². The minimum atomic E-state index is -1.09. The van der Waals surface area contributed by atoms with Crippen molar-refractivity contribution in [3.05, 3.63) is 95.0 Å². The highest BCUT2D eigenvalue weighted by Gasteiger charge is 2.25. The monoisotopic (exact) mass is 583 g/mol. The maximum Gasteiger partial charge on any atom is 0.356 e. The van der Waals surface area contributed by atoms with Crippen molar-refractivity contribution in [3.63, 3.8) is 0 Å². The summed E-state index contributed by atoms with van der Waals surface area (Å²) in [4.78, 5) is 27.2. The van der Waals surface area contributed by atoms with Gasteiger partial charge in [0.05, 0.1) is 42.9 Å². The Hall–Kier alpha value is -5.09. The van der Waals surface area contributed by atoms with Gasteiger partial charge in [-0.2, -0.15) is 10.4 Å². The summed E-state index contributed by atoms with van der Waals surface area (Å²) in [6, 6.07) is 11.9. The summed E-state index contributed by atoms with van der Waals surface area (Å²) in [6.07, 6.45) is 6.82. The molecule has 0 unspecified atom stereocenters. The van der Waals surface area contributed by atoms with Crippen LogP contribution in [0.25, 0.3) is 5.78 Å². The van der Waals surface area contributed by atoms with Gasteiger partial charge in [0.2, 0.25) is 11.7 Å². The number of carboxylic acid groups (broad SMARTS) is 1. The first-order chi connectivity index (χ1) is 20.9. The molecule has 1 aromatic carbocycles. The van der Waals surface area contributed by atoms with E-state index in [1.165, 1.54) is 16.8 Å². The summed E-state index contributed by atoms with van der Waals surface area (Å²) in [5.41, 5.74) is 2.50.